The topological polar surface area (TPSA) is 41.1 Å². The van der Waals surface area contributed by atoms with Crippen LogP contribution in [-0.4, -0.2) is 36.4 Å². The van der Waals surface area contributed by atoms with Crippen molar-refractivity contribution in [3.05, 3.63) is 5.01 Å². The highest BCUT2D eigenvalue weighted by Gasteiger charge is 2.22. The van der Waals surface area contributed by atoms with Gasteiger partial charge in [0.25, 0.3) is 0 Å². The minimum absolute atomic E-state index is 0.600. The number of nitrogens with one attached hydrogen (secondary N) is 1. The first-order valence-electron chi connectivity index (χ1n) is 6.22. The first kappa shape index (κ1) is 10.5. The van der Waals surface area contributed by atoms with Crippen LogP contribution in [0.5, 0.6) is 0 Å². The van der Waals surface area contributed by atoms with Crippen LogP contribution >= 0.6 is 11.3 Å². The van der Waals surface area contributed by atoms with Crippen LogP contribution in [0.2, 0.25) is 0 Å². The monoisotopic (exact) mass is 238 g/mol. The summed E-state index contributed by atoms with van der Waals surface area (Å²) >= 11 is 1.80. The van der Waals surface area contributed by atoms with E-state index in [9.17, 15) is 0 Å². The molecule has 2 aliphatic rings. The fourth-order valence-corrected chi connectivity index (χ4v) is 3.52. The average molecular weight is 238 g/mol. The standard InChI is InChI=1S/C11H18N4S/c1-2-7-15(6-1)11-14-13-10(16-11)9-4-3-5-12-8-9/h9,12H,1-8H2. The Morgan fingerprint density at radius 2 is 2.06 bits per heavy atom. The summed E-state index contributed by atoms with van der Waals surface area (Å²) in [5.41, 5.74) is 0. The van der Waals surface area contributed by atoms with Crippen molar-refractivity contribution in [2.45, 2.75) is 31.6 Å². The van der Waals surface area contributed by atoms with Gasteiger partial charge in [0.1, 0.15) is 5.01 Å². The van der Waals surface area contributed by atoms with Crippen LogP contribution in [0.1, 0.15) is 36.6 Å². The second-order valence-corrected chi connectivity index (χ2v) is 5.65. The van der Waals surface area contributed by atoms with E-state index in [0.717, 1.165) is 31.3 Å². The van der Waals surface area contributed by atoms with E-state index in [1.165, 1.54) is 30.7 Å². The van der Waals surface area contributed by atoms with Crippen LogP contribution in [0.25, 0.3) is 0 Å². The molecule has 1 aromatic rings. The lowest BCUT2D eigenvalue weighted by Crippen LogP contribution is -2.28. The summed E-state index contributed by atoms with van der Waals surface area (Å²) in [7, 11) is 0. The number of anilines is 1. The van der Waals surface area contributed by atoms with Gasteiger partial charge >= 0.3 is 0 Å². The van der Waals surface area contributed by atoms with Crippen molar-refractivity contribution in [1.82, 2.24) is 15.5 Å². The lowest BCUT2D eigenvalue weighted by atomic mass is 10.0. The van der Waals surface area contributed by atoms with E-state index in [-0.39, 0.29) is 0 Å². The van der Waals surface area contributed by atoms with E-state index >= 15 is 0 Å². The molecule has 0 aliphatic carbocycles. The summed E-state index contributed by atoms with van der Waals surface area (Å²) in [5.74, 6) is 0.600. The summed E-state index contributed by atoms with van der Waals surface area (Å²) in [6.45, 7) is 4.57. The van der Waals surface area contributed by atoms with Gasteiger partial charge in [-0.1, -0.05) is 11.3 Å². The molecule has 1 aromatic heterocycles. The van der Waals surface area contributed by atoms with Crippen LogP contribution < -0.4 is 10.2 Å². The molecule has 0 radical (unpaired) electrons. The minimum atomic E-state index is 0.600. The molecular weight excluding hydrogens is 220 g/mol. The summed E-state index contributed by atoms with van der Waals surface area (Å²) in [4.78, 5) is 2.37. The van der Waals surface area contributed by atoms with Crippen molar-refractivity contribution in [2.75, 3.05) is 31.1 Å². The molecule has 3 heterocycles. The van der Waals surface area contributed by atoms with E-state index in [2.05, 4.69) is 20.4 Å². The van der Waals surface area contributed by atoms with E-state index in [0.29, 0.717) is 5.92 Å². The molecule has 0 spiro atoms. The minimum Gasteiger partial charge on any atom is -0.347 e. The number of rotatable bonds is 2. The molecule has 4 nitrogen and oxygen atoms in total. The van der Waals surface area contributed by atoms with Gasteiger partial charge in [-0.2, -0.15) is 0 Å². The van der Waals surface area contributed by atoms with Gasteiger partial charge in [0.05, 0.1) is 0 Å². The van der Waals surface area contributed by atoms with Crippen molar-refractivity contribution in [3.63, 3.8) is 0 Å². The van der Waals surface area contributed by atoms with Crippen molar-refractivity contribution < 1.29 is 0 Å². The zero-order valence-electron chi connectivity index (χ0n) is 9.48. The first-order valence-corrected chi connectivity index (χ1v) is 7.04. The molecule has 2 fully saturated rings. The Morgan fingerprint density at radius 3 is 2.81 bits per heavy atom. The second kappa shape index (κ2) is 4.67. The van der Waals surface area contributed by atoms with E-state index in [1.807, 2.05) is 0 Å². The predicted octanol–water partition coefficient (Wildman–Crippen LogP) is 1.61. The van der Waals surface area contributed by atoms with Crippen LogP contribution in [-0.2, 0) is 0 Å². The van der Waals surface area contributed by atoms with E-state index < -0.39 is 0 Å². The maximum absolute atomic E-state index is 4.37. The maximum Gasteiger partial charge on any atom is 0.208 e. The Hall–Kier alpha value is -0.680. The average Bonchev–Trinajstić information content (AvgIpc) is 3.01. The highest BCUT2D eigenvalue weighted by atomic mass is 32.1. The van der Waals surface area contributed by atoms with Crippen molar-refractivity contribution in [1.29, 1.82) is 0 Å². The Balaban J connectivity index is 1.71. The molecule has 0 amide bonds. The van der Waals surface area contributed by atoms with Crippen molar-refractivity contribution in [2.24, 2.45) is 0 Å². The zero-order valence-corrected chi connectivity index (χ0v) is 10.3. The smallest absolute Gasteiger partial charge is 0.208 e. The lowest BCUT2D eigenvalue weighted by Gasteiger charge is -2.20. The summed E-state index contributed by atoms with van der Waals surface area (Å²) in [6, 6.07) is 0. The highest BCUT2D eigenvalue weighted by Crippen LogP contribution is 2.31. The molecule has 1 unspecified atom stereocenters. The van der Waals surface area contributed by atoms with Crippen molar-refractivity contribution in [3.8, 4) is 0 Å². The first-order chi connectivity index (χ1) is 7.93. The van der Waals surface area contributed by atoms with Crippen LogP contribution in [0, 0.1) is 0 Å². The highest BCUT2D eigenvalue weighted by molar-refractivity contribution is 7.15. The van der Waals surface area contributed by atoms with Gasteiger partial charge in [0, 0.05) is 25.6 Å². The Bertz CT molecular complexity index is 340. The Kier molecular flexibility index (Phi) is 3.06. The van der Waals surface area contributed by atoms with Gasteiger partial charge in [-0.05, 0) is 32.2 Å². The van der Waals surface area contributed by atoms with Gasteiger partial charge in [-0.15, -0.1) is 10.2 Å². The zero-order chi connectivity index (χ0) is 10.8. The lowest BCUT2D eigenvalue weighted by molar-refractivity contribution is 0.458. The molecule has 0 bridgehead atoms. The van der Waals surface area contributed by atoms with Gasteiger partial charge < -0.3 is 10.2 Å². The fourth-order valence-electron chi connectivity index (χ4n) is 2.49. The molecule has 1 atom stereocenters. The molecule has 2 aliphatic heterocycles. The van der Waals surface area contributed by atoms with E-state index in [1.54, 1.807) is 11.3 Å². The van der Waals surface area contributed by atoms with Gasteiger partial charge in [0.2, 0.25) is 5.13 Å². The number of nitrogens with zero attached hydrogens (tertiary/aromatic N) is 3. The van der Waals surface area contributed by atoms with Gasteiger partial charge in [-0.25, -0.2) is 0 Å². The fraction of sp³-hybridized carbons (Fsp3) is 0.818. The molecule has 0 saturated carbocycles. The summed E-state index contributed by atoms with van der Waals surface area (Å²) < 4.78 is 0. The third-order valence-electron chi connectivity index (χ3n) is 3.45. The second-order valence-electron chi connectivity index (χ2n) is 4.66. The third-order valence-corrected chi connectivity index (χ3v) is 4.60. The van der Waals surface area contributed by atoms with Gasteiger partial charge in [-0.3, -0.25) is 0 Å². The molecule has 5 heteroatoms. The number of hydrogen-bond acceptors (Lipinski definition) is 5. The predicted molar refractivity (Wildman–Crippen MR) is 66.2 cm³/mol. The van der Waals surface area contributed by atoms with Crippen molar-refractivity contribution >= 4 is 16.5 Å². The number of piperidine rings is 1. The molecule has 16 heavy (non-hydrogen) atoms. The molecule has 1 N–H and O–H groups in total. The van der Waals surface area contributed by atoms with E-state index in [4.69, 9.17) is 0 Å². The number of aromatic nitrogens is 2. The SMILES string of the molecule is C1CNCC(c2nnc(N3CCCC3)s2)C1. The Labute approximate surface area is 100 Å². The third kappa shape index (κ3) is 2.06. The molecule has 3 rings (SSSR count). The molecule has 0 aromatic carbocycles. The largest absolute Gasteiger partial charge is 0.347 e. The molecular formula is C11H18N4S. The maximum atomic E-state index is 4.37. The Morgan fingerprint density at radius 1 is 1.19 bits per heavy atom. The quantitative estimate of drug-likeness (QED) is 0.850. The van der Waals surface area contributed by atoms with Gasteiger partial charge in [0.15, 0.2) is 0 Å². The summed E-state index contributed by atoms with van der Waals surface area (Å²) in [6.07, 6.45) is 5.14. The summed E-state index contributed by atoms with van der Waals surface area (Å²) in [5, 5.41) is 14.5. The normalized spacial score (nSPS) is 26.2. The number of hydrogen-bond donors (Lipinski definition) is 1. The molecule has 88 valence electrons. The van der Waals surface area contributed by atoms with Crippen LogP contribution in [0.3, 0.4) is 0 Å². The van der Waals surface area contributed by atoms with Crippen LogP contribution in [0.4, 0.5) is 5.13 Å². The molecule has 2 saturated heterocycles. The van der Waals surface area contributed by atoms with Crippen LogP contribution in [0.15, 0.2) is 0 Å².